The van der Waals surface area contributed by atoms with Crippen LogP contribution in [0, 0.1) is 5.92 Å². The van der Waals surface area contributed by atoms with Crippen molar-refractivity contribution in [2.45, 2.75) is 25.3 Å². The van der Waals surface area contributed by atoms with Crippen LogP contribution in [0.15, 0.2) is 42.9 Å². The Balaban J connectivity index is 1.56. The highest BCUT2D eigenvalue weighted by Crippen LogP contribution is 2.35. The molecule has 4 heterocycles. The molecule has 5 rings (SSSR count). The predicted molar refractivity (Wildman–Crippen MR) is 103 cm³/mol. The number of aromatic nitrogens is 4. The van der Waals surface area contributed by atoms with Crippen LogP contribution in [0.4, 0.5) is 5.82 Å². The SMILES string of the molecule is CN1CC[C@@H]2[C@H](CCCN2c2ncnc3c2cnn3-c2ccccc2)C1. The Labute approximate surface area is 153 Å². The quantitative estimate of drug-likeness (QED) is 0.713. The largest absolute Gasteiger partial charge is 0.353 e. The molecule has 0 amide bonds. The first-order valence-corrected chi connectivity index (χ1v) is 9.50. The van der Waals surface area contributed by atoms with Gasteiger partial charge in [-0.2, -0.15) is 5.10 Å². The van der Waals surface area contributed by atoms with Crippen molar-refractivity contribution >= 4 is 16.9 Å². The molecule has 1 aromatic carbocycles. The molecule has 0 N–H and O–H groups in total. The van der Waals surface area contributed by atoms with E-state index in [1.54, 1.807) is 6.33 Å². The zero-order valence-electron chi connectivity index (χ0n) is 15.1. The van der Waals surface area contributed by atoms with E-state index in [9.17, 15) is 0 Å². The summed E-state index contributed by atoms with van der Waals surface area (Å²) < 4.78 is 1.91. The molecule has 2 aliphatic rings. The molecular formula is C20H24N6. The molecule has 3 aromatic rings. The van der Waals surface area contributed by atoms with Crippen LogP contribution in [0.25, 0.3) is 16.7 Å². The average Bonchev–Trinajstić information content (AvgIpc) is 3.12. The Morgan fingerprint density at radius 3 is 2.81 bits per heavy atom. The van der Waals surface area contributed by atoms with Crippen LogP contribution in [0.2, 0.25) is 0 Å². The predicted octanol–water partition coefficient (Wildman–Crippen LogP) is 2.74. The van der Waals surface area contributed by atoms with Gasteiger partial charge in [-0.3, -0.25) is 0 Å². The smallest absolute Gasteiger partial charge is 0.168 e. The molecule has 0 aliphatic carbocycles. The van der Waals surface area contributed by atoms with Gasteiger partial charge < -0.3 is 9.80 Å². The van der Waals surface area contributed by atoms with E-state index in [0.717, 1.165) is 41.5 Å². The van der Waals surface area contributed by atoms with Gasteiger partial charge in [0, 0.05) is 19.1 Å². The van der Waals surface area contributed by atoms with E-state index < -0.39 is 0 Å². The number of piperidine rings is 2. The molecule has 2 fully saturated rings. The lowest BCUT2D eigenvalue weighted by Crippen LogP contribution is -2.53. The van der Waals surface area contributed by atoms with Crippen molar-refractivity contribution in [3.63, 3.8) is 0 Å². The number of para-hydroxylation sites is 1. The summed E-state index contributed by atoms with van der Waals surface area (Å²) in [6, 6.07) is 10.8. The number of hydrogen-bond donors (Lipinski definition) is 0. The van der Waals surface area contributed by atoms with Gasteiger partial charge in [0.15, 0.2) is 5.65 Å². The number of anilines is 1. The van der Waals surface area contributed by atoms with Crippen molar-refractivity contribution in [3.05, 3.63) is 42.9 Å². The van der Waals surface area contributed by atoms with Crippen molar-refractivity contribution in [3.8, 4) is 5.69 Å². The van der Waals surface area contributed by atoms with Crippen LogP contribution in [0.3, 0.4) is 0 Å². The number of rotatable bonds is 2. The molecule has 6 heteroatoms. The van der Waals surface area contributed by atoms with Gasteiger partial charge in [0.25, 0.3) is 0 Å². The van der Waals surface area contributed by atoms with E-state index in [1.165, 1.54) is 25.8 Å². The lowest BCUT2D eigenvalue weighted by atomic mass is 9.84. The van der Waals surface area contributed by atoms with Crippen molar-refractivity contribution in [1.29, 1.82) is 0 Å². The van der Waals surface area contributed by atoms with Crippen LogP contribution < -0.4 is 4.90 Å². The molecule has 2 aromatic heterocycles. The maximum absolute atomic E-state index is 4.70. The zero-order valence-corrected chi connectivity index (χ0v) is 15.1. The summed E-state index contributed by atoms with van der Waals surface area (Å²) in [5, 5.41) is 5.67. The molecule has 2 atom stereocenters. The first-order valence-electron chi connectivity index (χ1n) is 9.50. The third kappa shape index (κ3) is 2.56. The van der Waals surface area contributed by atoms with E-state index in [0.29, 0.717) is 6.04 Å². The zero-order chi connectivity index (χ0) is 17.5. The van der Waals surface area contributed by atoms with Crippen LogP contribution >= 0.6 is 0 Å². The highest BCUT2D eigenvalue weighted by molar-refractivity contribution is 5.87. The van der Waals surface area contributed by atoms with Gasteiger partial charge in [0.2, 0.25) is 0 Å². The third-order valence-corrected chi connectivity index (χ3v) is 5.89. The van der Waals surface area contributed by atoms with Crippen molar-refractivity contribution < 1.29 is 0 Å². The number of fused-ring (bicyclic) bond motifs is 2. The molecule has 2 aliphatic heterocycles. The van der Waals surface area contributed by atoms with E-state index in [4.69, 9.17) is 4.98 Å². The molecular weight excluding hydrogens is 324 g/mol. The minimum Gasteiger partial charge on any atom is -0.353 e. The second-order valence-electron chi connectivity index (χ2n) is 7.54. The summed E-state index contributed by atoms with van der Waals surface area (Å²) in [6.45, 7) is 3.43. The highest BCUT2D eigenvalue weighted by Gasteiger charge is 2.36. The topological polar surface area (TPSA) is 50.1 Å². The monoisotopic (exact) mass is 348 g/mol. The Morgan fingerprint density at radius 1 is 1.04 bits per heavy atom. The Kier molecular flexibility index (Phi) is 3.85. The van der Waals surface area contributed by atoms with Gasteiger partial charge in [0.05, 0.1) is 17.3 Å². The van der Waals surface area contributed by atoms with Gasteiger partial charge in [-0.1, -0.05) is 18.2 Å². The van der Waals surface area contributed by atoms with Crippen LogP contribution in [-0.2, 0) is 0 Å². The summed E-state index contributed by atoms with van der Waals surface area (Å²) >= 11 is 0. The second kappa shape index (κ2) is 6.36. The fourth-order valence-corrected chi connectivity index (χ4v) is 4.67. The van der Waals surface area contributed by atoms with Gasteiger partial charge in [-0.25, -0.2) is 14.6 Å². The summed E-state index contributed by atoms with van der Waals surface area (Å²) in [4.78, 5) is 14.2. The van der Waals surface area contributed by atoms with Gasteiger partial charge in [-0.15, -0.1) is 0 Å². The second-order valence-corrected chi connectivity index (χ2v) is 7.54. The summed E-state index contributed by atoms with van der Waals surface area (Å²) in [5.74, 6) is 1.79. The maximum atomic E-state index is 4.70. The van der Waals surface area contributed by atoms with Crippen molar-refractivity contribution in [1.82, 2.24) is 24.6 Å². The molecule has 0 saturated carbocycles. The van der Waals surface area contributed by atoms with Gasteiger partial charge in [-0.05, 0) is 50.9 Å². The summed E-state index contributed by atoms with van der Waals surface area (Å²) in [5.41, 5.74) is 1.92. The Hall–Kier alpha value is -2.47. The molecule has 0 unspecified atom stereocenters. The number of benzene rings is 1. The van der Waals surface area contributed by atoms with Crippen molar-refractivity contribution in [2.24, 2.45) is 5.92 Å². The summed E-state index contributed by atoms with van der Waals surface area (Å²) in [7, 11) is 2.24. The average molecular weight is 348 g/mol. The van der Waals surface area contributed by atoms with Crippen molar-refractivity contribution in [2.75, 3.05) is 31.6 Å². The van der Waals surface area contributed by atoms with Crippen LogP contribution in [0.5, 0.6) is 0 Å². The molecule has 0 radical (unpaired) electrons. The van der Waals surface area contributed by atoms with E-state index >= 15 is 0 Å². The number of nitrogens with zero attached hydrogens (tertiary/aromatic N) is 6. The van der Waals surface area contributed by atoms with Crippen LogP contribution in [-0.4, -0.2) is 57.4 Å². The fraction of sp³-hybridized carbons (Fsp3) is 0.450. The van der Waals surface area contributed by atoms with E-state index in [-0.39, 0.29) is 0 Å². The summed E-state index contributed by atoms with van der Waals surface area (Å²) in [6.07, 6.45) is 7.38. The minimum atomic E-state index is 0.582. The van der Waals surface area contributed by atoms with Gasteiger partial charge >= 0.3 is 0 Å². The minimum absolute atomic E-state index is 0.582. The van der Waals surface area contributed by atoms with E-state index in [1.807, 2.05) is 29.1 Å². The molecule has 0 bridgehead atoms. The lowest BCUT2D eigenvalue weighted by Gasteiger charge is -2.47. The Morgan fingerprint density at radius 2 is 1.92 bits per heavy atom. The molecule has 134 valence electrons. The number of hydrogen-bond acceptors (Lipinski definition) is 5. The normalized spacial score (nSPS) is 24.0. The van der Waals surface area contributed by atoms with Crippen LogP contribution in [0.1, 0.15) is 19.3 Å². The first-order chi connectivity index (χ1) is 12.8. The van der Waals surface area contributed by atoms with Gasteiger partial charge in [0.1, 0.15) is 12.1 Å². The lowest BCUT2D eigenvalue weighted by molar-refractivity contribution is 0.154. The molecule has 26 heavy (non-hydrogen) atoms. The Bertz CT molecular complexity index is 905. The van der Waals surface area contributed by atoms with E-state index in [2.05, 4.69) is 39.1 Å². The highest BCUT2D eigenvalue weighted by atomic mass is 15.3. The maximum Gasteiger partial charge on any atom is 0.168 e. The standard InChI is InChI=1S/C20H24N6/c1-24-11-9-18-15(13-24)6-5-10-25(18)19-17-12-23-26(20(17)22-14-21-19)16-7-3-2-4-8-16/h2-4,7-8,12,14-15,18H,5-6,9-11,13H2,1H3/t15-,18-/m1/s1. The number of likely N-dealkylation sites (tertiary alicyclic amines) is 1. The first kappa shape index (κ1) is 15.8. The molecule has 0 spiro atoms. The third-order valence-electron chi connectivity index (χ3n) is 5.89. The molecule has 2 saturated heterocycles. The fourth-order valence-electron chi connectivity index (χ4n) is 4.67. The molecule has 6 nitrogen and oxygen atoms in total.